The number of carbonyl (C=O) groups excluding carboxylic acids is 1. The van der Waals surface area contributed by atoms with E-state index < -0.39 is 0 Å². The highest BCUT2D eigenvalue weighted by Gasteiger charge is 2.42. The van der Waals surface area contributed by atoms with Crippen LogP contribution in [0.4, 0.5) is 11.5 Å². The van der Waals surface area contributed by atoms with Crippen molar-refractivity contribution in [2.24, 2.45) is 5.16 Å². The van der Waals surface area contributed by atoms with E-state index in [0.29, 0.717) is 18.0 Å². The zero-order chi connectivity index (χ0) is 15.6. The van der Waals surface area contributed by atoms with E-state index in [1.165, 1.54) is 0 Å². The van der Waals surface area contributed by atoms with E-state index in [9.17, 15) is 4.79 Å². The van der Waals surface area contributed by atoms with Crippen molar-refractivity contribution in [3.63, 3.8) is 0 Å². The van der Waals surface area contributed by atoms with Gasteiger partial charge in [-0.25, -0.2) is 4.98 Å². The zero-order valence-corrected chi connectivity index (χ0v) is 12.9. The van der Waals surface area contributed by atoms with Crippen LogP contribution in [0, 0.1) is 0 Å². The van der Waals surface area contributed by atoms with Crippen LogP contribution >= 0.6 is 0 Å². The maximum absolute atomic E-state index is 12.3. The Hall–Kier alpha value is -2.15. The molecule has 7 heteroatoms. The number of rotatable bonds is 3. The summed E-state index contributed by atoms with van der Waals surface area (Å²) in [6, 6.07) is 3.68. The number of nitrogens with zero attached hydrogens (tertiary/aromatic N) is 3. The van der Waals surface area contributed by atoms with Gasteiger partial charge in [-0.2, -0.15) is 0 Å². The standard InChI is InChI=1S/C15H21N5O2/c1-20(2)11-4-5-13(17-9-11)18-14(21)12-8-15(22-19-12)6-3-7-16-10-15/h4-5,9,16H,3,6-8,10H2,1-2H3,(H,17,18,21). The molecule has 2 N–H and O–H groups in total. The lowest BCUT2D eigenvalue weighted by Gasteiger charge is -2.30. The third kappa shape index (κ3) is 3.04. The van der Waals surface area contributed by atoms with E-state index in [-0.39, 0.29) is 11.5 Å². The molecule has 22 heavy (non-hydrogen) atoms. The van der Waals surface area contributed by atoms with E-state index in [1.807, 2.05) is 25.1 Å². The summed E-state index contributed by atoms with van der Waals surface area (Å²) in [5.41, 5.74) is 1.07. The summed E-state index contributed by atoms with van der Waals surface area (Å²) >= 11 is 0. The minimum absolute atomic E-state index is 0.243. The lowest BCUT2D eigenvalue weighted by molar-refractivity contribution is -0.110. The molecule has 2 aliphatic rings. The lowest BCUT2D eigenvalue weighted by atomic mass is 9.89. The molecule has 1 amide bonds. The minimum Gasteiger partial charge on any atom is -0.387 e. The summed E-state index contributed by atoms with van der Waals surface area (Å²) in [7, 11) is 3.88. The first-order chi connectivity index (χ1) is 10.6. The molecular formula is C15H21N5O2. The minimum atomic E-state index is -0.340. The highest BCUT2D eigenvalue weighted by molar-refractivity contribution is 6.43. The van der Waals surface area contributed by atoms with Gasteiger partial charge in [0.05, 0.1) is 11.9 Å². The second-order valence-electron chi connectivity index (χ2n) is 6.02. The van der Waals surface area contributed by atoms with Gasteiger partial charge in [0.25, 0.3) is 5.91 Å². The lowest BCUT2D eigenvalue weighted by Crippen LogP contribution is -2.46. The van der Waals surface area contributed by atoms with Crippen molar-refractivity contribution in [1.82, 2.24) is 10.3 Å². The molecule has 1 atom stereocenters. The SMILES string of the molecule is CN(C)c1ccc(NC(=O)C2=NOC3(CCCNC3)C2)nc1. The largest absolute Gasteiger partial charge is 0.387 e. The fraction of sp³-hybridized carbons (Fsp3) is 0.533. The Morgan fingerprint density at radius 2 is 2.32 bits per heavy atom. The molecule has 7 nitrogen and oxygen atoms in total. The second kappa shape index (κ2) is 5.92. The summed E-state index contributed by atoms with van der Waals surface area (Å²) in [6.07, 6.45) is 4.23. The second-order valence-corrected chi connectivity index (χ2v) is 6.02. The van der Waals surface area contributed by atoms with Crippen LogP contribution in [-0.4, -0.2) is 49.4 Å². The smallest absolute Gasteiger partial charge is 0.274 e. The third-order valence-electron chi connectivity index (χ3n) is 4.04. The van der Waals surface area contributed by atoms with Gasteiger partial charge in [-0.1, -0.05) is 5.16 Å². The number of piperidine rings is 1. The number of aromatic nitrogens is 1. The van der Waals surface area contributed by atoms with Gasteiger partial charge in [-0.05, 0) is 31.5 Å². The van der Waals surface area contributed by atoms with Crippen LogP contribution in [0.25, 0.3) is 0 Å². The molecule has 1 fully saturated rings. The van der Waals surface area contributed by atoms with Crippen molar-refractivity contribution in [1.29, 1.82) is 0 Å². The van der Waals surface area contributed by atoms with Crippen molar-refractivity contribution in [2.75, 3.05) is 37.4 Å². The van der Waals surface area contributed by atoms with Gasteiger partial charge in [0.15, 0.2) is 5.60 Å². The molecule has 0 saturated carbocycles. The third-order valence-corrected chi connectivity index (χ3v) is 4.04. The maximum atomic E-state index is 12.3. The predicted molar refractivity (Wildman–Crippen MR) is 85.2 cm³/mol. The Bertz CT molecular complexity index is 576. The number of amides is 1. The van der Waals surface area contributed by atoms with Gasteiger partial charge in [0, 0.05) is 27.1 Å². The zero-order valence-electron chi connectivity index (χ0n) is 12.9. The molecule has 0 aromatic carbocycles. The van der Waals surface area contributed by atoms with Gasteiger partial charge in [0.2, 0.25) is 0 Å². The molecular weight excluding hydrogens is 282 g/mol. The fourth-order valence-electron chi connectivity index (χ4n) is 2.73. The van der Waals surface area contributed by atoms with E-state index >= 15 is 0 Å². The predicted octanol–water partition coefficient (Wildman–Crippen LogP) is 0.985. The van der Waals surface area contributed by atoms with Crippen molar-refractivity contribution in [3.8, 4) is 0 Å². The van der Waals surface area contributed by atoms with Crippen LogP contribution in [0.1, 0.15) is 19.3 Å². The summed E-state index contributed by atoms with van der Waals surface area (Å²) < 4.78 is 0. The van der Waals surface area contributed by atoms with Gasteiger partial charge in [-0.15, -0.1) is 0 Å². The Labute approximate surface area is 129 Å². The molecule has 0 aliphatic carbocycles. The van der Waals surface area contributed by atoms with Crippen LogP contribution in [0.3, 0.4) is 0 Å². The first-order valence-electron chi connectivity index (χ1n) is 7.48. The molecule has 0 bridgehead atoms. The normalized spacial score (nSPS) is 23.8. The first kappa shape index (κ1) is 14.8. The molecule has 0 radical (unpaired) electrons. The highest BCUT2D eigenvalue weighted by Crippen LogP contribution is 2.30. The average Bonchev–Trinajstić information content (AvgIpc) is 2.92. The highest BCUT2D eigenvalue weighted by atomic mass is 16.7. The van der Waals surface area contributed by atoms with E-state index in [4.69, 9.17) is 4.84 Å². The molecule has 3 rings (SSSR count). The summed E-state index contributed by atoms with van der Waals surface area (Å²) in [5.74, 6) is 0.272. The maximum Gasteiger partial charge on any atom is 0.274 e. The number of hydrogen-bond acceptors (Lipinski definition) is 6. The number of hydrogen-bond donors (Lipinski definition) is 2. The van der Waals surface area contributed by atoms with Crippen LogP contribution in [0.5, 0.6) is 0 Å². The van der Waals surface area contributed by atoms with Gasteiger partial charge < -0.3 is 20.4 Å². The monoisotopic (exact) mass is 303 g/mol. The topological polar surface area (TPSA) is 78.9 Å². The average molecular weight is 303 g/mol. The Morgan fingerprint density at radius 1 is 1.45 bits per heavy atom. The number of carbonyl (C=O) groups is 1. The van der Waals surface area contributed by atoms with Crippen LogP contribution in [0.2, 0.25) is 0 Å². The van der Waals surface area contributed by atoms with Gasteiger partial charge in [0.1, 0.15) is 11.5 Å². The molecule has 118 valence electrons. The Balaban J connectivity index is 1.60. The van der Waals surface area contributed by atoms with Crippen LogP contribution in [0.15, 0.2) is 23.5 Å². The van der Waals surface area contributed by atoms with Crippen molar-refractivity contribution < 1.29 is 9.63 Å². The molecule has 3 heterocycles. The van der Waals surface area contributed by atoms with Crippen molar-refractivity contribution >= 4 is 23.1 Å². The molecule has 1 saturated heterocycles. The van der Waals surface area contributed by atoms with E-state index in [2.05, 4.69) is 20.8 Å². The Kier molecular flexibility index (Phi) is 3.98. The molecule has 1 aromatic heterocycles. The van der Waals surface area contributed by atoms with Crippen LogP contribution < -0.4 is 15.5 Å². The van der Waals surface area contributed by atoms with Gasteiger partial charge in [-0.3, -0.25) is 4.79 Å². The molecule has 1 spiro atoms. The quantitative estimate of drug-likeness (QED) is 0.870. The Morgan fingerprint density at radius 3 is 2.95 bits per heavy atom. The summed E-state index contributed by atoms with van der Waals surface area (Å²) in [4.78, 5) is 24.0. The number of pyridine rings is 1. The van der Waals surface area contributed by atoms with E-state index in [1.54, 1.807) is 12.3 Å². The van der Waals surface area contributed by atoms with Gasteiger partial charge >= 0.3 is 0 Å². The molecule has 1 aromatic rings. The van der Waals surface area contributed by atoms with Crippen molar-refractivity contribution in [3.05, 3.63) is 18.3 Å². The number of nitrogens with one attached hydrogen (secondary N) is 2. The fourth-order valence-corrected chi connectivity index (χ4v) is 2.73. The number of oxime groups is 1. The van der Waals surface area contributed by atoms with Crippen LogP contribution in [-0.2, 0) is 9.63 Å². The first-order valence-corrected chi connectivity index (χ1v) is 7.48. The van der Waals surface area contributed by atoms with E-state index in [0.717, 1.165) is 31.6 Å². The summed E-state index contributed by atoms with van der Waals surface area (Å²) in [6.45, 7) is 1.73. The number of anilines is 2. The summed E-state index contributed by atoms with van der Waals surface area (Å²) in [5, 5.41) is 10.1. The molecule has 2 aliphatic heterocycles. The van der Waals surface area contributed by atoms with Crippen molar-refractivity contribution in [2.45, 2.75) is 24.9 Å². The molecule has 1 unspecified atom stereocenters.